The van der Waals surface area contributed by atoms with Crippen LogP contribution in [0.2, 0.25) is 0 Å². The van der Waals surface area contributed by atoms with E-state index in [0.29, 0.717) is 33.0 Å². The van der Waals surface area contributed by atoms with Crippen LogP contribution in [-0.4, -0.2) is 19.3 Å². The maximum atomic E-state index is 13.4. The molecule has 0 radical (unpaired) electrons. The maximum Gasteiger partial charge on any atom is 0.241 e. The molecule has 5 nitrogen and oxygen atoms in total. The van der Waals surface area contributed by atoms with Crippen molar-refractivity contribution in [2.24, 2.45) is 0 Å². The number of carbonyl (C=O) groups is 1. The van der Waals surface area contributed by atoms with Crippen LogP contribution in [0.5, 0.6) is 5.75 Å². The van der Waals surface area contributed by atoms with Crippen molar-refractivity contribution < 1.29 is 18.3 Å². The van der Waals surface area contributed by atoms with Gasteiger partial charge in [-0.25, -0.2) is 8.42 Å². The molecule has 0 bridgehead atoms. The number of carbonyl (C=O) groups excluding carboxylic acids is 1. The molecule has 0 saturated carbocycles. The summed E-state index contributed by atoms with van der Waals surface area (Å²) in [6.45, 7) is 1.89. The van der Waals surface area contributed by atoms with E-state index in [1.54, 1.807) is 60.7 Å². The van der Waals surface area contributed by atoms with Crippen LogP contribution in [0, 0.1) is 6.92 Å². The van der Waals surface area contributed by atoms with Gasteiger partial charge in [0, 0.05) is 16.7 Å². The summed E-state index contributed by atoms with van der Waals surface area (Å²) in [6.07, 6.45) is 0. The van der Waals surface area contributed by atoms with Crippen molar-refractivity contribution in [1.29, 1.82) is 0 Å². The zero-order valence-corrected chi connectivity index (χ0v) is 20.9. The van der Waals surface area contributed by atoms with E-state index in [0.717, 1.165) is 5.56 Å². The predicted octanol–water partition coefficient (Wildman–Crippen LogP) is 6.15. The first kappa shape index (κ1) is 24.4. The highest BCUT2D eigenvalue weighted by Gasteiger charge is 2.27. The lowest BCUT2D eigenvalue weighted by Crippen LogP contribution is -2.29. The second-order valence-corrected chi connectivity index (χ2v) is 10.6. The molecule has 5 aromatic rings. The Labute approximate surface area is 216 Å². The zero-order valence-electron chi connectivity index (χ0n) is 20.1. The van der Waals surface area contributed by atoms with Gasteiger partial charge in [-0.2, -0.15) is 4.72 Å². The Balaban J connectivity index is 1.63. The zero-order chi connectivity index (χ0) is 26.0. The quantitative estimate of drug-likeness (QED) is 0.259. The molecule has 37 heavy (non-hydrogen) atoms. The minimum atomic E-state index is -3.93. The highest BCUT2D eigenvalue weighted by molar-refractivity contribution is 7.89. The number of nitrogens with one attached hydrogen (secondary N) is 1. The third-order valence-electron chi connectivity index (χ3n) is 6.36. The minimum absolute atomic E-state index is 0.0462. The Morgan fingerprint density at radius 3 is 2.08 bits per heavy atom. The van der Waals surface area contributed by atoms with Gasteiger partial charge in [0.05, 0.1) is 10.9 Å². The topological polar surface area (TPSA) is 83.5 Å². The molecule has 1 atom stereocenters. The van der Waals surface area contributed by atoms with E-state index < -0.39 is 16.1 Å². The van der Waals surface area contributed by atoms with Crippen LogP contribution in [0.3, 0.4) is 0 Å². The number of aromatic hydroxyl groups is 1. The van der Waals surface area contributed by atoms with Crippen molar-refractivity contribution in [3.8, 4) is 5.75 Å². The molecule has 6 heteroatoms. The van der Waals surface area contributed by atoms with Crippen molar-refractivity contribution in [3.63, 3.8) is 0 Å². The number of phenols is 1. The smallest absolute Gasteiger partial charge is 0.241 e. The minimum Gasteiger partial charge on any atom is -0.508 e. The highest BCUT2D eigenvalue weighted by atomic mass is 32.2. The number of hydrogen-bond acceptors (Lipinski definition) is 4. The molecule has 0 spiro atoms. The monoisotopic (exact) mass is 507 g/mol. The number of aryl methyl sites for hydroxylation is 1. The first-order valence-electron chi connectivity index (χ1n) is 11.8. The van der Waals surface area contributed by atoms with Gasteiger partial charge in [-0.1, -0.05) is 96.6 Å². The molecular weight excluding hydrogens is 482 g/mol. The van der Waals surface area contributed by atoms with E-state index in [-0.39, 0.29) is 16.4 Å². The largest absolute Gasteiger partial charge is 0.508 e. The lowest BCUT2D eigenvalue weighted by atomic mass is 9.91. The summed E-state index contributed by atoms with van der Waals surface area (Å²) in [5.41, 5.74) is 3.12. The van der Waals surface area contributed by atoms with E-state index in [1.165, 1.54) is 6.07 Å². The van der Waals surface area contributed by atoms with Crippen LogP contribution < -0.4 is 4.72 Å². The van der Waals surface area contributed by atoms with Gasteiger partial charge in [-0.05, 0) is 47.5 Å². The Morgan fingerprint density at radius 2 is 1.41 bits per heavy atom. The second-order valence-electron chi connectivity index (χ2n) is 8.91. The molecule has 0 amide bonds. The van der Waals surface area contributed by atoms with Crippen LogP contribution in [-0.2, 0) is 10.0 Å². The number of rotatable bonds is 7. The van der Waals surface area contributed by atoms with Crippen LogP contribution in [0.4, 0.5) is 0 Å². The Morgan fingerprint density at radius 1 is 0.757 bits per heavy atom. The SMILES string of the molecule is Cc1ccc(S(=O)(=O)NC(c2ccccc2)c2c(O)ccc3cc(C(=O)c4ccccc4)ccc23)cc1. The Bertz CT molecular complexity index is 1680. The predicted molar refractivity (Wildman–Crippen MR) is 145 cm³/mol. The summed E-state index contributed by atoms with van der Waals surface area (Å²) < 4.78 is 29.6. The van der Waals surface area contributed by atoms with Gasteiger partial charge in [0.15, 0.2) is 5.78 Å². The first-order chi connectivity index (χ1) is 17.8. The van der Waals surface area contributed by atoms with E-state index in [4.69, 9.17) is 0 Å². The summed E-state index contributed by atoms with van der Waals surface area (Å²) in [6, 6.07) is 32.4. The number of benzene rings is 5. The second kappa shape index (κ2) is 10.0. The molecule has 0 aliphatic heterocycles. The standard InChI is InChI=1S/C31H25NO4S/c1-21-12-16-26(17-13-21)37(35,36)32-30(22-8-4-2-5-9-22)29-27-18-14-25(20-24(27)15-19-28(29)33)31(34)23-10-6-3-7-11-23/h2-20,30,32-33H,1H3. The normalized spacial score (nSPS) is 12.4. The molecule has 0 aliphatic rings. The van der Waals surface area contributed by atoms with Crippen molar-refractivity contribution in [1.82, 2.24) is 4.72 Å². The fraction of sp³-hybridized carbons (Fsp3) is 0.0645. The van der Waals surface area contributed by atoms with Gasteiger partial charge in [-0.15, -0.1) is 0 Å². The molecule has 5 aromatic carbocycles. The molecule has 0 saturated heterocycles. The van der Waals surface area contributed by atoms with Gasteiger partial charge in [0.2, 0.25) is 10.0 Å². The van der Waals surface area contributed by atoms with E-state index in [1.807, 2.05) is 55.5 Å². The molecular formula is C31H25NO4S. The van der Waals surface area contributed by atoms with Crippen LogP contribution in [0.15, 0.2) is 120 Å². The molecule has 1 unspecified atom stereocenters. The van der Waals surface area contributed by atoms with Gasteiger partial charge < -0.3 is 5.11 Å². The lowest BCUT2D eigenvalue weighted by molar-refractivity contribution is 0.103. The average molecular weight is 508 g/mol. The Hall–Kier alpha value is -4.26. The molecule has 0 fully saturated rings. The summed E-state index contributed by atoms with van der Waals surface area (Å²) >= 11 is 0. The van der Waals surface area contributed by atoms with Gasteiger partial charge in [0.25, 0.3) is 0 Å². The number of hydrogen-bond donors (Lipinski definition) is 2. The van der Waals surface area contributed by atoms with Gasteiger partial charge >= 0.3 is 0 Å². The van der Waals surface area contributed by atoms with Gasteiger partial charge in [-0.3, -0.25) is 4.79 Å². The fourth-order valence-corrected chi connectivity index (χ4v) is 5.62. The molecule has 0 aliphatic carbocycles. The molecule has 2 N–H and O–H groups in total. The van der Waals surface area contributed by atoms with E-state index >= 15 is 0 Å². The van der Waals surface area contributed by atoms with E-state index in [2.05, 4.69) is 4.72 Å². The van der Waals surface area contributed by atoms with Crippen LogP contribution >= 0.6 is 0 Å². The highest BCUT2D eigenvalue weighted by Crippen LogP contribution is 2.37. The van der Waals surface area contributed by atoms with Crippen molar-refractivity contribution in [3.05, 3.63) is 143 Å². The maximum absolute atomic E-state index is 13.4. The first-order valence-corrected chi connectivity index (χ1v) is 13.3. The summed E-state index contributed by atoms with van der Waals surface area (Å²) in [5, 5.41) is 12.4. The van der Waals surface area contributed by atoms with Crippen LogP contribution in [0.25, 0.3) is 10.8 Å². The number of sulfonamides is 1. The van der Waals surface area contributed by atoms with Crippen molar-refractivity contribution in [2.75, 3.05) is 0 Å². The van der Waals surface area contributed by atoms with Crippen LogP contribution in [0.1, 0.15) is 38.7 Å². The molecule has 5 rings (SSSR count). The molecule has 184 valence electrons. The average Bonchev–Trinajstić information content (AvgIpc) is 2.92. The van der Waals surface area contributed by atoms with E-state index in [9.17, 15) is 18.3 Å². The Kier molecular flexibility index (Phi) is 6.61. The summed E-state index contributed by atoms with van der Waals surface area (Å²) in [4.78, 5) is 13.2. The summed E-state index contributed by atoms with van der Waals surface area (Å²) in [7, 11) is -3.93. The number of ketones is 1. The van der Waals surface area contributed by atoms with Crippen molar-refractivity contribution >= 4 is 26.6 Å². The number of phenolic OH excluding ortho intramolecular Hbond substituents is 1. The lowest BCUT2D eigenvalue weighted by Gasteiger charge is -2.23. The third kappa shape index (κ3) is 5.03. The molecule has 0 aromatic heterocycles. The third-order valence-corrected chi connectivity index (χ3v) is 7.80. The summed E-state index contributed by atoms with van der Waals surface area (Å²) in [5.74, 6) is -0.160. The number of fused-ring (bicyclic) bond motifs is 1. The fourth-order valence-electron chi connectivity index (χ4n) is 4.42. The van der Waals surface area contributed by atoms with Crippen molar-refractivity contribution in [2.45, 2.75) is 17.9 Å². The van der Waals surface area contributed by atoms with Gasteiger partial charge in [0.1, 0.15) is 5.75 Å². The molecule has 0 heterocycles.